The molecule has 0 aliphatic carbocycles. The van der Waals surface area contributed by atoms with E-state index in [2.05, 4.69) is 115 Å². The molecule has 216 valence electrons. The molecule has 0 N–H and O–H groups in total. The molecule has 6 heteroatoms. The molecule has 6 nitrogen and oxygen atoms in total. The Hall–Kier alpha value is -1.98. The maximum absolute atomic E-state index is 2.41. The first-order chi connectivity index (χ1) is 15.9. The fourth-order valence-corrected chi connectivity index (χ4v) is 3.93. The minimum absolute atomic E-state index is 0. The maximum Gasteiger partial charge on any atom is 0.0974 e. The van der Waals surface area contributed by atoms with Crippen molar-refractivity contribution < 1.29 is 0 Å². The Labute approximate surface area is 228 Å². The first-order valence-electron chi connectivity index (χ1n) is 13.3. The number of hydrogen-bond acceptors (Lipinski definition) is 6. The van der Waals surface area contributed by atoms with Crippen LogP contribution in [0.5, 0.6) is 0 Å². The molecule has 0 bridgehead atoms. The third-order valence-electron chi connectivity index (χ3n) is 6.41. The van der Waals surface area contributed by atoms with Crippen LogP contribution in [-0.4, -0.2) is 89.7 Å². The molecule has 0 radical (unpaired) electrons. The van der Waals surface area contributed by atoms with Crippen molar-refractivity contribution in [3.05, 3.63) is 37.2 Å². The van der Waals surface area contributed by atoms with Crippen molar-refractivity contribution in [2.24, 2.45) is 0 Å². The highest BCUT2D eigenvalue weighted by Crippen LogP contribution is 2.14. The summed E-state index contributed by atoms with van der Waals surface area (Å²) in [7, 11) is 6.32. The van der Waals surface area contributed by atoms with Crippen molar-refractivity contribution in [1.82, 2.24) is 29.4 Å². The Bertz CT molecular complexity index is 562. The van der Waals surface area contributed by atoms with E-state index in [1.165, 1.54) is 64.5 Å². The molecule has 0 fully saturated rings. The molecule has 1 unspecified atom stereocenters. The monoisotopic (exact) mass is 511 g/mol. The number of hydrogen-bond donors (Lipinski definition) is 0. The molecule has 1 atom stereocenters. The smallest absolute Gasteiger partial charge is 0.0974 e. The lowest BCUT2D eigenvalue weighted by Gasteiger charge is -2.26. The van der Waals surface area contributed by atoms with Crippen LogP contribution in [0.1, 0.15) is 101 Å². The van der Waals surface area contributed by atoms with Crippen LogP contribution in [0.25, 0.3) is 0 Å². The molecule has 36 heavy (non-hydrogen) atoms. The van der Waals surface area contributed by atoms with Gasteiger partial charge in [0, 0.05) is 78.0 Å². The Morgan fingerprint density at radius 1 is 0.583 bits per heavy atom. The third-order valence-corrected chi connectivity index (χ3v) is 6.41. The molecule has 3 aliphatic heterocycles. The quantitative estimate of drug-likeness (QED) is 0.267. The Kier molecular flexibility index (Phi) is 25.1. The number of nitrogens with zero attached hydrogens (tertiary/aromatic N) is 6. The van der Waals surface area contributed by atoms with Crippen LogP contribution in [0.15, 0.2) is 37.2 Å². The normalized spacial score (nSPS) is 17.2. The van der Waals surface area contributed by atoms with E-state index in [0.29, 0.717) is 6.17 Å². The second-order valence-corrected chi connectivity index (χ2v) is 9.57. The standard InChI is InChI=1S/C11H22N2.C10H20N2.C6H12N2.3CH4/c1-4-5-6-7-8-13-10-9-12(3)11(13)2;1-3-4-5-6-7-12-9-8-11(2)10-12;1-3-8-5-4-7(2)6-8;;;/h9-11H,4-8H2,1-3H3;8-9H,3-7,10H2,1-2H3;4-5H,3,6H2,1-2H3;3*1H4. The lowest BCUT2D eigenvalue weighted by atomic mass is 10.2. The van der Waals surface area contributed by atoms with Gasteiger partial charge in [0.1, 0.15) is 0 Å². The highest BCUT2D eigenvalue weighted by molar-refractivity contribution is 4.93. The van der Waals surface area contributed by atoms with Crippen molar-refractivity contribution in [3.8, 4) is 0 Å². The summed E-state index contributed by atoms with van der Waals surface area (Å²) in [5.74, 6) is 0. The Morgan fingerprint density at radius 2 is 1.08 bits per heavy atom. The average molecular weight is 511 g/mol. The molecule has 0 amide bonds. The molecule has 3 aliphatic rings. The summed E-state index contributed by atoms with van der Waals surface area (Å²) in [6.45, 7) is 14.6. The fourth-order valence-electron chi connectivity index (χ4n) is 3.93. The highest BCUT2D eigenvalue weighted by Gasteiger charge is 2.17. The third kappa shape index (κ3) is 16.6. The van der Waals surface area contributed by atoms with Gasteiger partial charge in [-0.1, -0.05) is 74.7 Å². The van der Waals surface area contributed by atoms with Crippen molar-refractivity contribution in [1.29, 1.82) is 0 Å². The molecule has 0 aromatic carbocycles. The van der Waals surface area contributed by atoms with Crippen molar-refractivity contribution in [2.75, 3.05) is 54.1 Å². The zero-order valence-electron chi connectivity index (χ0n) is 22.9. The van der Waals surface area contributed by atoms with Crippen LogP contribution in [0.4, 0.5) is 0 Å². The van der Waals surface area contributed by atoms with E-state index in [9.17, 15) is 0 Å². The van der Waals surface area contributed by atoms with Gasteiger partial charge in [-0.25, -0.2) is 0 Å². The largest absolute Gasteiger partial charge is 0.362 e. The summed E-state index contributed by atoms with van der Waals surface area (Å²) in [6, 6.07) is 0. The van der Waals surface area contributed by atoms with Gasteiger partial charge in [0.15, 0.2) is 0 Å². The van der Waals surface area contributed by atoms with Crippen molar-refractivity contribution in [2.45, 2.75) is 108 Å². The number of rotatable bonds is 11. The first kappa shape index (κ1) is 38.5. The van der Waals surface area contributed by atoms with Gasteiger partial charge in [-0.15, -0.1) is 0 Å². The first-order valence-corrected chi connectivity index (χ1v) is 13.3. The predicted molar refractivity (Wildman–Crippen MR) is 164 cm³/mol. The molecule has 3 rings (SSSR count). The zero-order chi connectivity index (χ0) is 24.5. The van der Waals surface area contributed by atoms with Gasteiger partial charge in [-0.3, -0.25) is 0 Å². The van der Waals surface area contributed by atoms with Gasteiger partial charge < -0.3 is 29.4 Å². The lowest BCUT2D eigenvalue weighted by molar-refractivity contribution is 0.192. The number of unbranched alkanes of at least 4 members (excludes halogenated alkanes) is 6. The van der Waals surface area contributed by atoms with E-state index < -0.39 is 0 Å². The fraction of sp³-hybridized carbons (Fsp3) is 0.800. The van der Waals surface area contributed by atoms with Crippen LogP contribution in [0.3, 0.4) is 0 Å². The van der Waals surface area contributed by atoms with Crippen LogP contribution < -0.4 is 0 Å². The molecular weight excluding hydrogens is 444 g/mol. The second-order valence-electron chi connectivity index (χ2n) is 9.57. The summed E-state index contributed by atoms with van der Waals surface area (Å²) >= 11 is 0. The lowest BCUT2D eigenvalue weighted by Crippen LogP contribution is -2.34. The van der Waals surface area contributed by atoms with Gasteiger partial charge in [0.05, 0.1) is 19.5 Å². The average Bonchev–Trinajstić information content (AvgIpc) is 3.51. The van der Waals surface area contributed by atoms with Crippen molar-refractivity contribution in [3.63, 3.8) is 0 Å². The Morgan fingerprint density at radius 3 is 1.44 bits per heavy atom. The topological polar surface area (TPSA) is 19.4 Å². The summed E-state index contributed by atoms with van der Waals surface area (Å²) in [5.41, 5.74) is 0. The van der Waals surface area contributed by atoms with E-state index in [-0.39, 0.29) is 22.3 Å². The van der Waals surface area contributed by atoms with Gasteiger partial charge >= 0.3 is 0 Å². The second kappa shape index (κ2) is 23.4. The summed E-state index contributed by atoms with van der Waals surface area (Å²) < 4.78 is 0. The van der Waals surface area contributed by atoms with Crippen LogP contribution in [0, 0.1) is 0 Å². The molecule has 0 spiro atoms. The maximum atomic E-state index is 2.41. The van der Waals surface area contributed by atoms with Gasteiger partial charge in [-0.05, 0) is 26.7 Å². The molecular formula is C30H66N6. The summed E-state index contributed by atoms with van der Waals surface area (Å²) in [5, 5.41) is 0. The summed E-state index contributed by atoms with van der Waals surface area (Å²) in [4.78, 5) is 13.6. The van der Waals surface area contributed by atoms with Crippen LogP contribution in [-0.2, 0) is 0 Å². The van der Waals surface area contributed by atoms with E-state index >= 15 is 0 Å². The Balaban J connectivity index is -0.000000446. The molecule has 0 aromatic rings. The van der Waals surface area contributed by atoms with Crippen LogP contribution in [0.2, 0.25) is 0 Å². The minimum Gasteiger partial charge on any atom is -0.362 e. The molecule has 0 saturated heterocycles. The summed E-state index contributed by atoms with van der Waals surface area (Å²) in [6.07, 6.45) is 24.3. The van der Waals surface area contributed by atoms with E-state index in [4.69, 9.17) is 0 Å². The van der Waals surface area contributed by atoms with E-state index in [1.54, 1.807) is 0 Å². The van der Waals surface area contributed by atoms with Gasteiger partial charge in [0.25, 0.3) is 0 Å². The molecule has 0 saturated carbocycles. The van der Waals surface area contributed by atoms with Gasteiger partial charge in [-0.2, -0.15) is 0 Å². The molecule has 3 heterocycles. The minimum atomic E-state index is 0. The van der Waals surface area contributed by atoms with E-state index in [0.717, 1.165) is 19.9 Å². The van der Waals surface area contributed by atoms with Crippen molar-refractivity contribution >= 4 is 0 Å². The zero-order valence-corrected chi connectivity index (χ0v) is 22.9. The van der Waals surface area contributed by atoms with Gasteiger partial charge in [0.2, 0.25) is 0 Å². The SMILES string of the molecule is C.C.C.CCCCCCN1C=CN(C)C1.CCCCCCN1C=CN(C)C1C.CCN1C=CN(C)C1. The van der Waals surface area contributed by atoms with Crippen LogP contribution >= 0.6 is 0 Å². The molecule has 0 aromatic heterocycles. The van der Waals surface area contributed by atoms with E-state index in [1.807, 2.05) is 0 Å². The predicted octanol–water partition coefficient (Wildman–Crippen LogP) is 7.46. The highest BCUT2D eigenvalue weighted by atomic mass is 15.4.